The summed E-state index contributed by atoms with van der Waals surface area (Å²) in [6.07, 6.45) is 1.56. The van der Waals surface area contributed by atoms with Gasteiger partial charge in [-0.05, 0) is 62.2 Å². The number of carbonyl (C=O) groups excluding carboxylic acids is 1. The van der Waals surface area contributed by atoms with Crippen LogP contribution in [0.25, 0.3) is 0 Å². The smallest absolute Gasteiger partial charge is 0.274 e. The minimum absolute atomic E-state index is 0.279. The van der Waals surface area contributed by atoms with Gasteiger partial charge in [0.2, 0.25) is 5.95 Å². The summed E-state index contributed by atoms with van der Waals surface area (Å²) in [4.78, 5) is 21.0. The summed E-state index contributed by atoms with van der Waals surface area (Å²) in [5.74, 6) is 0.0685. The highest BCUT2D eigenvalue weighted by Crippen LogP contribution is 2.21. The van der Waals surface area contributed by atoms with Gasteiger partial charge in [0.25, 0.3) is 5.91 Å². The van der Waals surface area contributed by atoms with Crippen molar-refractivity contribution in [3.8, 4) is 0 Å². The van der Waals surface area contributed by atoms with E-state index in [9.17, 15) is 4.79 Å². The molecule has 0 saturated heterocycles. The van der Waals surface area contributed by atoms with Crippen LogP contribution in [0.5, 0.6) is 0 Å². The number of anilines is 3. The molecule has 2 aromatic carbocycles. The third-order valence-electron chi connectivity index (χ3n) is 3.95. The van der Waals surface area contributed by atoms with Gasteiger partial charge in [0, 0.05) is 22.6 Å². The zero-order valence-electron chi connectivity index (χ0n) is 14.8. The topological polar surface area (TPSA) is 66.9 Å². The summed E-state index contributed by atoms with van der Waals surface area (Å²) >= 11 is 5.95. The number of amides is 1. The van der Waals surface area contributed by atoms with Crippen LogP contribution in [0.15, 0.2) is 48.7 Å². The number of benzene rings is 2. The van der Waals surface area contributed by atoms with Crippen LogP contribution in [0, 0.1) is 20.8 Å². The first-order valence-corrected chi connectivity index (χ1v) is 8.55. The molecule has 2 N–H and O–H groups in total. The summed E-state index contributed by atoms with van der Waals surface area (Å²) in [6.45, 7) is 5.93. The number of nitrogens with one attached hydrogen (secondary N) is 2. The average molecular weight is 367 g/mol. The Balaban J connectivity index is 1.79. The number of hydrogen-bond acceptors (Lipinski definition) is 4. The van der Waals surface area contributed by atoms with Crippen molar-refractivity contribution in [1.82, 2.24) is 9.97 Å². The lowest BCUT2D eigenvalue weighted by Gasteiger charge is -2.11. The predicted molar refractivity (Wildman–Crippen MR) is 105 cm³/mol. The SMILES string of the molecule is Cc1ccc(Nc2nccc(C(=O)Nc3ccc(Cl)cc3C)n2)c(C)c1. The lowest BCUT2D eigenvalue weighted by molar-refractivity contribution is 0.102. The summed E-state index contributed by atoms with van der Waals surface area (Å²) in [6, 6.07) is 12.9. The van der Waals surface area contributed by atoms with Gasteiger partial charge < -0.3 is 10.6 Å². The Labute approximate surface area is 157 Å². The molecular formula is C20H19ClN4O. The molecule has 0 aliphatic rings. The molecule has 3 rings (SSSR count). The van der Waals surface area contributed by atoms with E-state index in [1.807, 2.05) is 32.9 Å². The normalized spacial score (nSPS) is 10.5. The first kappa shape index (κ1) is 17.9. The molecule has 26 heavy (non-hydrogen) atoms. The third-order valence-corrected chi connectivity index (χ3v) is 4.19. The van der Waals surface area contributed by atoms with E-state index in [0.29, 0.717) is 16.7 Å². The number of aryl methyl sites for hydroxylation is 3. The molecule has 1 aromatic heterocycles. The molecule has 5 nitrogen and oxygen atoms in total. The van der Waals surface area contributed by atoms with E-state index in [1.54, 1.807) is 30.5 Å². The van der Waals surface area contributed by atoms with Crippen LogP contribution in [0.4, 0.5) is 17.3 Å². The standard InChI is InChI=1S/C20H19ClN4O/c1-12-4-6-17(13(2)10-12)24-20-22-9-8-18(25-20)19(26)23-16-7-5-15(21)11-14(16)3/h4-11H,1-3H3,(H,23,26)(H,22,24,25). The van der Waals surface area contributed by atoms with Gasteiger partial charge in [0.15, 0.2) is 0 Å². The Morgan fingerprint density at radius 1 is 0.962 bits per heavy atom. The minimum atomic E-state index is -0.304. The number of rotatable bonds is 4. The van der Waals surface area contributed by atoms with Crippen LogP contribution in [0.2, 0.25) is 5.02 Å². The van der Waals surface area contributed by atoms with Gasteiger partial charge in [0.05, 0.1) is 0 Å². The second-order valence-electron chi connectivity index (χ2n) is 6.12. The third kappa shape index (κ3) is 4.18. The largest absolute Gasteiger partial charge is 0.324 e. The molecule has 1 amide bonds. The minimum Gasteiger partial charge on any atom is -0.324 e. The summed E-state index contributed by atoms with van der Waals surface area (Å²) < 4.78 is 0. The summed E-state index contributed by atoms with van der Waals surface area (Å²) in [5, 5.41) is 6.63. The molecule has 6 heteroatoms. The Morgan fingerprint density at radius 3 is 2.42 bits per heavy atom. The van der Waals surface area contributed by atoms with E-state index in [1.165, 1.54) is 5.56 Å². The van der Waals surface area contributed by atoms with Crippen molar-refractivity contribution in [2.45, 2.75) is 20.8 Å². The number of halogens is 1. The van der Waals surface area contributed by atoms with Crippen LogP contribution in [-0.2, 0) is 0 Å². The average Bonchev–Trinajstić information content (AvgIpc) is 2.60. The molecule has 0 atom stereocenters. The molecule has 3 aromatic rings. The summed E-state index contributed by atoms with van der Waals surface area (Å²) in [5.41, 5.74) is 5.03. The quantitative estimate of drug-likeness (QED) is 0.678. The van der Waals surface area contributed by atoms with Crippen molar-refractivity contribution in [1.29, 1.82) is 0 Å². The molecule has 1 heterocycles. The highest BCUT2D eigenvalue weighted by atomic mass is 35.5. The van der Waals surface area contributed by atoms with Gasteiger partial charge in [-0.15, -0.1) is 0 Å². The highest BCUT2D eigenvalue weighted by Gasteiger charge is 2.11. The Morgan fingerprint density at radius 2 is 1.69 bits per heavy atom. The van der Waals surface area contributed by atoms with Crippen molar-refractivity contribution in [3.63, 3.8) is 0 Å². The molecule has 0 fully saturated rings. The summed E-state index contributed by atoms with van der Waals surface area (Å²) in [7, 11) is 0. The van der Waals surface area contributed by atoms with Gasteiger partial charge in [-0.1, -0.05) is 29.3 Å². The van der Waals surface area contributed by atoms with E-state index in [2.05, 4.69) is 26.7 Å². The number of nitrogens with zero attached hydrogens (tertiary/aromatic N) is 2. The van der Waals surface area contributed by atoms with E-state index in [0.717, 1.165) is 16.8 Å². The molecule has 132 valence electrons. The van der Waals surface area contributed by atoms with Crippen LogP contribution < -0.4 is 10.6 Å². The highest BCUT2D eigenvalue weighted by molar-refractivity contribution is 6.30. The first-order chi connectivity index (χ1) is 12.4. The van der Waals surface area contributed by atoms with Crippen LogP contribution in [0.3, 0.4) is 0 Å². The molecule has 0 saturated carbocycles. The zero-order chi connectivity index (χ0) is 18.7. The van der Waals surface area contributed by atoms with Crippen LogP contribution in [-0.4, -0.2) is 15.9 Å². The van der Waals surface area contributed by atoms with Gasteiger partial charge in [-0.25, -0.2) is 9.97 Å². The molecule has 0 aliphatic carbocycles. The van der Waals surface area contributed by atoms with E-state index >= 15 is 0 Å². The lowest BCUT2D eigenvalue weighted by Crippen LogP contribution is -2.15. The van der Waals surface area contributed by atoms with Crippen LogP contribution in [0.1, 0.15) is 27.2 Å². The Bertz CT molecular complexity index is 972. The molecule has 0 spiro atoms. The van der Waals surface area contributed by atoms with Crippen molar-refractivity contribution in [2.75, 3.05) is 10.6 Å². The maximum absolute atomic E-state index is 12.5. The van der Waals surface area contributed by atoms with Gasteiger partial charge in [-0.3, -0.25) is 4.79 Å². The fraction of sp³-hybridized carbons (Fsp3) is 0.150. The number of hydrogen-bond donors (Lipinski definition) is 2. The monoisotopic (exact) mass is 366 g/mol. The van der Waals surface area contributed by atoms with E-state index < -0.39 is 0 Å². The molecule has 0 aliphatic heterocycles. The Kier molecular flexibility index (Phi) is 5.19. The second-order valence-corrected chi connectivity index (χ2v) is 6.56. The fourth-order valence-electron chi connectivity index (χ4n) is 2.57. The number of carbonyl (C=O) groups is 1. The lowest BCUT2D eigenvalue weighted by atomic mass is 10.1. The first-order valence-electron chi connectivity index (χ1n) is 8.17. The maximum Gasteiger partial charge on any atom is 0.274 e. The van der Waals surface area contributed by atoms with Gasteiger partial charge >= 0.3 is 0 Å². The Hall–Kier alpha value is -2.92. The van der Waals surface area contributed by atoms with E-state index in [-0.39, 0.29) is 11.6 Å². The zero-order valence-corrected chi connectivity index (χ0v) is 15.6. The van der Waals surface area contributed by atoms with E-state index in [4.69, 9.17) is 11.6 Å². The maximum atomic E-state index is 12.5. The van der Waals surface area contributed by atoms with Crippen molar-refractivity contribution >= 4 is 34.8 Å². The van der Waals surface area contributed by atoms with Crippen LogP contribution >= 0.6 is 11.6 Å². The number of aromatic nitrogens is 2. The predicted octanol–water partition coefficient (Wildman–Crippen LogP) is 5.05. The van der Waals surface area contributed by atoms with Crippen molar-refractivity contribution in [3.05, 3.63) is 76.1 Å². The van der Waals surface area contributed by atoms with Crippen molar-refractivity contribution in [2.24, 2.45) is 0 Å². The van der Waals surface area contributed by atoms with Gasteiger partial charge in [-0.2, -0.15) is 0 Å². The molecule has 0 unspecified atom stereocenters. The van der Waals surface area contributed by atoms with Crippen molar-refractivity contribution < 1.29 is 4.79 Å². The molecule has 0 radical (unpaired) electrons. The molecule has 0 bridgehead atoms. The fourth-order valence-corrected chi connectivity index (χ4v) is 2.80. The van der Waals surface area contributed by atoms with Gasteiger partial charge in [0.1, 0.15) is 5.69 Å². The second kappa shape index (κ2) is 7.54. The molecular weight excluding hydrogens is 348 g/mol.